The number of ether oxygens (including phenoxy) is 2. The molecule has 0 aliphatic heterocycles. The number of carbonyl (C=O) groups excluding carboxylic acids is 2. The van der Waals surface area contributed by atoms with Gasteiger partial charge in [-0.2, -0.15) is 0 Å². The molecule has 0 radical (unpaired) electrons. The summed E-state index contributed by atoms with van der Waals surface area (Å²) >= 11 is 0. The average Bonchev–Trinajstić information content (AvgIpc) is 2.39. The van der Waals surface area contributed by atoms with Crippen molar-refractivity contribution in [1.29, 1.82) is 0 Å². The van der Waals surface area contributed by atoms with E-state index in [0.717, 1.165) is 25.7 Å². The molecule has 0 aromatic heterocycles. The minimum atomic E-state index is -1.13. The van der Waals surface area contributed by atoms with Crippen LogP contribution in [0.3, 0.4) is 0 Å². The maximum atomic E-state index is 12.7. The van der Waals surface area contributed by atoms with E-state index in [1.165, 1.54) is 6.42 Å². The molecular formula is C17H30O4. The molecule has 21 heavy (non-hydrogen) atoms. The molecule has 0 aromatic rings. The number of esters is 2. The second kappa shape index (κ2) is 7.81. The molecule has 122 valence electrons. The first-order valence-electron chi connectivity index (χ1n) is 8.26. The van der Waals surface area contributed by atoms with Crippen LogP contribution in [0, 0.1) is 11.3 Å². The summed E-state index contributed by atoms with van der Waals surface area (Å²) in [5.74, 6) is -0.774. The fourth-order valence-corrected chi connectivity index (χ4v) is 3.23. The standard InChI is InChI=1S/C17H30O4/c1-6-17(15(18)20-12(2)3,16(19)21-13(4)5)14-10-8-7-9-11-14/h12-14H,6-11H2,1-5H3. The van der Waals surface area contributed by atoms with Crippen LogP contribution in [0.4, 0.5) is 0 Å². The number of hydrogen-bond acceptors (Lipinski definition) is 4. The summed E-state index contributed by atoms with van der Waals surface area (Å²) in [4.78, 5) is 25.4. The Kier molecular flexibility index (Phi) is 6.69. The van der Waals surface area contributed by atoms with E-state index in [4.69, 9.17) is 9.47 Å². The van der Waals surface area contributed by atoms with Crippen LogP contribution in [0.15, 0.2) is 0 Å². The highest BCUT2D eigenvalue weighted by molar-refractivity contribution is 6.00. The monoisotopic (exact) mass is 298 g/mol. The van der Waals surface area contributed by atoms with Gasteiger partial charge in [-0.15, -0.1) is 0 Å². The van der Waals surface area contributed by atoms with Crippen molar-refractivity contribution in [2.24, 2.45) is 11.3 Å². The Morgan fingerprint density at radius 1 is 0.952 bits per heavy atom. The van der Waals surface area contributed by atoms with Gasteiger partial charge in [0.05, 0.1) is 12.2 Å². The quantitative estimate of drug-likeness (QED) is 0.552. The lowest BCUT2D eigenvalue weighted by Crippen LogP contribution is -2.49. The lowest BCUT2D eigenvalue weighted by molar-refractivity contribution is -0.183. The predicted octanol–water partition coefficient (Wildman–Crippen LogP) is 3.87. The van der Waals surface area contributed by atoms with E-state index in [2.05, 4.69) is 0 Å². The van der Waals surface area contributed by atoms with Gasteiger partial charge in [-0.3, -0.25) is 9.59 Å². The molecule has 0 unspecified atom stereocenters. The van der Waals surface area contributed by atoms with Gasteiger partial charge in [-0.05, 0) is 52.9 Å². The third kappa shape index (κ3) is 4.21. The zero-order valence-electron chi connectivity index (χ0n) is 14.1. The maximum absolute atomic E-state index is 12.7. The summed E-state index contributed by atoms with van der Waals surface area (Å²) in [6, 6.07) is 0. The number of rotatable bonds is 6. The summed E-state index contributed by atoms with van der Waals surface area (Å²) in [5.41, 5.74) is -1.13. The molecule has 0 spiro atoms. The fourth-order valence-electron chi connectivity index (χ4n) is 3.23. The van der Waals surface area contributed by atoms with E-state index in [0.29, 0.717) is 6.42 Å². The van der Waals surface area contributed by atoms with Gasteiger partial charge < -0.3 is 9.47 Å². The zero-order valence-corrected chi connectivity index (χ0v) is 14.1. The van der Waals surface area contributed by atoms with Crippen LogP contribution in [-0.4, -0.2) is 24.1 Å². The van der Waals surface area contributed by atoms with Gasteiger partial charge in [0.15, 0.2) is 5.41 Å². The molecular weight excluding hydrogens is 268 g/mol. The van der Waals surface area contributed by atoms with Gasteiger partial charge in [0, 0.05) is 0 Å². The average molecular weight is 298 g/mol. The van der Waals surface area contributed by atoms with Crippen LogP contribution >= 0.6 is 0 Å². The highest BCUT2D eigenvalue weighted by Gasteiger charge is 2.53. The highest BCUT2D eigenvalue weighted by atomic mass is 16.6. The molecule has 1 saturated carbocycles. The minimum absolute atomic E-state index is 0.0359. The fraction of sp³-hybridized carbons (Fsp3) is 0.882. The molecule has 0 aromatic carbocycles. The summed E-state index contributed by atoms with van der Waals surface area (Å²) in [6.45, 7) is 9.14. The number of hydrogen-bond donors (Lipinski definition) is 0. The molecule has 4 heteroatoms. The molecule has 1 fully saturated rings. The molecule has 0 bridgehead atoms. The molecule has 0 heterocycles. The smallest absolute Gasteiger partial charge is 0.324 e. The Hall–Kier alpha value is -1.06. The number of carbonyl (C=O) groups is 2. The molecule has 0 N–H and O–H groups in total. The van der Waals surface area contributed by atoms with Crippen molar-refractivity contribution in [3.63, 3.8) is 0 Å². The first-order chi connectivity index (χ1) is 9.84. The largest absolute Gasteiger partial charge is 0.462 e. The highest BCUT2D eigenvalue weighted by Crippen LogP contribution is 2.43. The Bertz CT molecular complexity index is 332. The van der Waals surface area contributed by atoms with Gasteiger partial charge in [0.25, 0.3) is 0 Å². The summed E-state index contributed by atoms with van der Waals surface area (Å²) in [5, 5.41) is 0. The van der Waals surface area contributed by atoms with Gasteiger partial charge in [0.1, 0.15) is 0 Å². The molecule has 1 rings (SSSR count). The Labute approximate surface area is 128 Å². The van der Waals surface area contributed by atoms with Gasteiger partial charge in [-0.25, -0.2) is 0 Å². The maximum Gasteiger partial charge on any atom is 0.324 e. The first-order valence-corrected chi connectivity index (χ1v) is 8.26. The van der Waals surface area contributed by atoms with Crippen molar-refractivity contribution in [1.82, 2.24) is 0 Å². The molecule has 0 amide bonds. The normalized spacial score (nSPS) is 17.1. The van der Waals surface area contributed by atoms with Crippen molar-refractivity contribution in [3.8, 4) is 0 Å². The molecule has 1 aliphatic rings. The lowest BCUT2D eigenvalue weighted by atomic mass is 9.67. The van der Waals surface area contributed by atoms with Crippen LogP contribution in [0.25, 0.3) is 0 Å². The van der Waals surface area contributed by atoms with Crippen molar-refractivity contribution in [2.75, 3.05) is 0 Å². The van der Waals surface area contributed by atoms with E-state index in [1.807, 2.05) is 34.6 Å². The Morgan fingerprint density at radius 2 is 1.38 bits per heavy atom. The summed E-state index contributed by atoms with van der Waals surface area (Å²) in [7, 11) is 0. The van der Waals surface area contributed by atoms with Crippen LogP contribution < -0.4 is 0 Å². The second-order valence-corrected chi connectivity index (χ2v) is 6.57. The van der Waals surface area contributed by atoms with E-state index in [-0.39, 0.29) is 18.1 Å². The van der Waals surface area contributed by atoms with E-state index in [1.54, 1.807) is 0 Å². The minimum Gasteiger partial charge on any atom is -0.462 e. The molecule has 0 saturated heterocycles. The Balaban J connectivity index is 3.09. The van der Waals surface area contributed by atoms with Crippen molar-refractivity contribution >= 4 is 11.9 Å². The summed E-state index contributed by atoms with van der Waals surface area (Å²) in [6.07, 6.45) is 5.09. The van der Waals surface area contributed by atoms with Crippen molar-refractivity contribution in [3.05, 3.63) is 0 Å². The predicted molar refractivity (Wildman–Crippen MR) is 81.8 cm³/mol. The van der Waals surface area contributed by atoms with E-state index < -0.39 is 17.4 Å². The zero-order chi connectivity index (χ0) is 16.0. The third-order valence-corrected chi connectivity index (χ3v) is 4.27. The molecule has 0 atom stereocenters. The van der Waals surface area contributed by atoms with Crippen LogP contribution in [-0.2, 0) is 19.1 Å². The van der Waals surface area contributed by atoms with Gasteiger partial charge in [0.2, 0.25) is 0 Å². The van der Waals surface area contributed by atoms with E-state index in [9.17, 15) is 9.59 Å². The van der Waals surface area contributed by atoms with Crippen LogP contribution in [0.5, 0.6) is 0 Å². The SMILES string of the molecule is CCC(C(=O)OC(C)C)(C(=O)OC(C)C)C1CCCCC1. The van der Waals surface area contributed by atoms with Crippen LogP contribution in [0.2, 0.25) is 0 Å². The summed E-state index contributed by atoms with van der Waals surface area (Å²) < 4.78 is 10.8. The van der Waals surface area contributed by atoms with Crippen LogP contribution in [0.1, 0.15) is 73.1 Å². The Morgan fingerprint density at radius 3 is 1.71 bits per heavy atom. The topological polar surface area (TPSA) is 52.6 Å². The lowest BCUT2D eigenvalue weighted by Gasteiger charge is -2.38. The van der Waals surface area contributed by atoms with Crippen molar-refractivity contribution < 1.29 is 19.1 Å². The van der Waals surface area contributed by atoms with E-state index >= 15 is 0 Å². The second-order valence-electron chi connectivity index (χ2n) is 6.57. The third-order valence-electron chi connectivity index (χ3n) is 4.27. The van der Waals surface area contributed by atoms with Crippen molar-refractivity contribution in [2.45, 2.75) is 85.4 Å². The molecule has 4 nitrogen and oxygen atoms in total. The van der Waals surface area contributed by atoms with Gasteiger partial charge >= 0.3 is 11.9 Å². The first kappa shape index (κ1) is 18.0. The molecule has 1 aliphatic carbocycles. The van der Waals surface area contributed by atoms with Gasteiger partial charge in [-0.1, -0.05) is 26.2 Å².